The highest BCUT2D eigenvalue weighted by atomic mass is 16.5. The van der Waals surface area contributed by atoms with Gasteiger partial charge in [-0.2, -0.15) is 0 Å². The Labute approximate surface area is 103 Å². The van der Waals surface area contributed by atoms with E-state index in [4.69, 9.17) is 4.74 Å². The lowest BCUT2D eigenvalue weighted by Crippen LogP contribution is -2.22. The molecule has 0 unspecified atom stereocenters. The molecule has 0 aliphatic heterocycles. The van der Waals surface area contributed by atoms with Gasteiger partial charge in [-0.1, -0.05) is 33.8 Å². The first kappa shape index (κ1) is 13.6. The van der Waals surface area contributed by atoms with E-state index in [1.54, 1.807) is 7.05 Å². The lowest BCUT2D eigenvalue weighted by Gasteiger charge is -2.17. The Morgan fingerprint density at radius 3 is 2.18 bits per heavy atom. The van der Waals surface area contributed by atoms with Crippen LogP contribution in [0.4, 0.5) is 4.79 Å². The fraction of sp³-hybridized carbons (Fsp3) is 0.500. The summed E-state index contributed by atoms with van der Waals surface area (Å²) < 4.78 is 5.14. The van der Waals surface area contributed by atoms with Crippen molar-refractivity contribution in [2.24, 2.45) is 0 Å². The first-order valence-electron chi connectivity index (χ1n) is 5.99. The molecule has 1 N–H and O–H groups in total. The predicted octanol–water partition coefficient (Wildman–Crippen LogP) is 3.65. The van der Waals surface area contributed by atoms with Crippen molar-refractivity contribution in [3.63, 3.8) is 0 Å². The Bertz CT molecular complexity index is 397. The number of rotatable bonds is 3. The molecule has 0 radical (unpaired) electrons. The molecule has 0 aromatic heterocycles. The van der Waals surface area contributed by atoms with Gasteiger partial charge in [0.15, 0.2) is 0 Å². The molecule has 0 heterocycles. The smallest absolute Gasteiger partial charge is 0.410 e. The van der Waals surface area contributed by atoms with Gasteiger partial charge in [0, 0.05) is 7.05 Å². The zero-order chi connectivity index (χ0) is 13.0. The van der Waals surface area contributed by atoms with Gasteiger partial charge in [-0.3, -0.25) is 0 Å². The Morgan fingerprint density at radius 2 is 1.71 bits per heavy atom. The molecular formula is C14H21NO2. The van der Waals surface area contributed by atoms with E-state index in [0.29, 0.717) is 17.6 Å². The standard InChI is InChI=1S/C14H21NO2/c1-9(2)12-7-6-11(17-14(16)15-5)8-13(12)10(3)4/h6-10H,1-5H3,(H,15,16). The van der Waals surface area contributed by atoms with Crippen LogP contribution >= 0.6 is 0 Å². The number of nitrogens with one attached hydrogen (secondary N) is 1. The first-order chi connectivity index (χ1) is 7.95. The fourth-order valence-electron chi connectivity index (χ4n) is 1.80. The van der Waals surface area contributed by atoms with Crippen LogP contribution in [0, 0.1) is 0 Å². The van der Waals surface area contributed by atoms with Crippen LogP contribution in [0.2, 0.25) is 0 Å². The number of amides is 1. The summed E-state index contributed by atoms with van der Waals surface area (Å²) in [6.07, 6.45) is -0.433. The summed E-state index contributed by atoms with van der Waals surface area (Å²) in [5.41, 5.74) is 2.55. The van der Waals surface area contributed by atoms with Crippen LogP contribution in [0.5, 0.6) is 5.75 Å². The van der Waals surface area contributed by atoms with Crippen LogP contribution in [-0.2, 0) is 0 Å². The van der Waals surface area contributed by atoms with E-state index in [9.17, 15) is 4.79 Å². The predicted molar refractivity (Wildman–Crippen MR) is 69.7 cm³/mol. The molecule has 3 nitrogen and oxygen atoms in total. The minimum absolute atomic E-state index is 0.417. The monoisotopic (exact) mass is 235 g/mol. The van der Waals surface area contributed by atoms with E-state index in [1.165, 1.54) is 11.1 Å². The van der Waals surface area contributed by atoms with Crippen LogP contribution in [0.15, 0.2) is 18.2 Å². The van der Waals surface area contributed by atoms with Crippen molar-refractivity contribution in [2.75, 3.05) is 7.05 Å². The minimum Gasteiger partial charge on any atom is -0.410 e. The molecule has 0 aliphatic carbocycles. The van der Waals surface area contributed by atoms with Gasteiger partial charge in [-0.05, 0) is 35.1 Å². The zero-order valence-corrected chi connectivity index (χ0v) is 11.2. The lowest BCUT2D eigenvalue weighted by atomic mass is 9.90. The van der Waals surface area contributed by atoms with E-state index in [1.807, 2.05) is 18.2 Å². The Balaban J connectivity index is 3.05. The van der Waals surface area contributed by atoms with Crippen LogP contribution < -0.4 is 10.1 Å². The molecular weight excluding hydrogens is 214 g/mol. The summed E-state index contributed by atoms with van der Waals surface area (Å²) >= 11 is 0. The quantitative estimate of drug-likeness (QED) is 0.868. The Hall–Kier alpha value is -1.51. The van der Waals surface area contributed by atoms with Gasteiger partial charge in [0.25, 0.3) is 0 Å². The molecule has 1 amide bonds. The summed E-state index contributed by atoms with van der Waals surface area (Å²) in [5.74, 6) is 1.49. The van der Waals surface area contributed by atoms with Crippen molar-refractivity contribution in [1.29, 1.82) is 0 Å². The Kier molecular flexibility index (Phi) is 4.55. The third-order valence-corrected chi connectivity index (χ3v) is 2.72. The summed E-state index contributed by atoms with van der Waals surface area (Å²) in [4.78, 5) is 11.1. The highest BCUT2D eigenvalue weighted by Crippen LogP contribution is 2.29. The second-order valence-corrected chi connectivity index (χ2v) is 4.74. The summed E-state index contributed by atoms with van der Waals surface area (Å²) in [6.45, 7) is 8.62. The van der Waals surface area contributed by atoms with Gasteiger partial charge < -0.3 is 10.1 Å². The normalized spacial score (nSPS) is 10.8. The number of hydrogen-bond donors (Lipinski definition) is 1. The van der Waals surface area contributed by atoms with Crippen LogP contribution in [0.25, 0.3) is 0 Å². The molecule has 0 bridgehead atoms. The molecule has 0 atom stereocenters. The average molecular weight is 235 g/mol. The molecule has 17 heavy (non-hydrogen) atoms. The van der Waals surface area contributed by atoms with Gasteiger partial charge in [-0.25, -0.2) is 4.79 Å². The van der Waals surface area contributed by atoms with Crippen molar-refractivity contribution in [3.8, 4) is 5.75 Å². The number of ether oxygens (including phenoxy) is 1. The van der Waals surface area contributed by atoms with Crippen LogP contribution in [0.3, 0.4) is 0 Å². The topological polar surface area (TPSA) is 38.3 Å². The third-order valence-electron chi connectivity index (χ3n) is 2.72. The molecule has 0 aliphatic rings. The molecule has 1 aromatic rings. The van der Waals surface area contributed by atoms with Gasteiger partial charge in [0.05, 0.1) is 0 Å². The van der Waals surface area contributed by atoms with E-state index in [2.05, 4.69) is 33.0 Å². The summed E-state index contributed by atoms with van der Waals surface area (Å²) in [5, 5.41) is 2.44. The summed E-state index contributed by atoms with van der Waals surface area (Å²) in [7, 11) is 1.55. The SMILES string of the molecule is CNC(=O)Oc1ccc(C(C)C)c(C(C)C)c1. The molecule has 1 aromatic carbocycles. The first-order valence-corrected chi connectivity index (χ1v) is 5.99. The highest BCUT2D eigenvalue weighted by molar-refractivity contribution is 5.70. The zero-order valence-electron chi connectivity index (χ0n) is 11.2. The van der Waals surface area contributed by atoms with Crippen molar-refractivity contribution in [3.05, 3.63) is 29.3 Å². The second-order valence-electron chi connectivity index (χ2n) is 4.74. The largest absolute Gasteiger partial charge is 0.412 e. The van der Waals surface area contributed by atoms with Crippen molar-refractivity contribution >= 4 is 6.09 Å². The van der Waals surface area contributed by atoms with Crippen LogP contribution in [-0.4, -0.2) is 13.1 Å². The molecule has 0 saturated carbocycles. The molecule has 94 valence electrons. The molecule has 0 fully saturated rings. The maximum absolute atomic E-state index is 11.1. The highest BCUT2D eigenvalue weighted by Gasteiger charge is 2.12. The number of benzene rings is 1. The fourth-order valence-corrected chi connectivity index (χ4v) is 1.80. The minimum atomic E-state index is -0.433. The van der Waals surface area contributed by atoms with Gasteiger partial charge in [0.1, 0.15) is 5.75 Å². The number of carbonyl (C=O) groups is 1. The van der Waals surface area contributed by atoms with E-state index in [-0.39, 0.29) is 0 Å². The van der Waals surface area contributed by atoms with Crippen molar-refractivity contribution in [2.45, 2.75) is 39.5 Å². The van der Waals surface area contributed by atoms with Crippen molar-refractivity contribution < 1.29 is 9.53 Å². The maximum atomic E-state index is 11.1. The van der Waals surface area contributed by atoms with Gasteiger partial charge >= 0.3 is 6.09 Å². The second kappa shape index (κ2) is 5.71. The molecule has 0 saturated heterocycles. The van der Waals surface area contributed by atoms with Gasteiger partial charge in [-0.15, -0.1) is 0 Å². The van der Waals surface area contributed by atoms with E-state index >= 15 is 0 Å². The molecule has 3 heteroatoms. The third kappa shape index (κ3) is 3.48. The molecule has 1 rings (SSSR count). The molecule has 0 spiro atoms. The van der Waals surface area contributed by atoms with Gasteiger partial charge in [0.2, 0.25) is 0 Å². The van der Waals surface area contributed by atoms with Crippen molar-refractivity contribution in [1.82, 2.24) is 5.32 Å². The lowest BCUT2D eigenvalue weighted by molar-refractivity contribution is 0.203. The average Bonchev–Trinajstić information content (AvgIpc) is 2.28. The Morgan fingerprint density at radius 1 is 1.12 bits per heavy atom. The number of carbonyl (C=O) groups excluding carboxylic acids is 1. The maximum Gasteiger partial charge on any atom is 0.412 e. The number of hydrogen-bond acceptors (Lipinski definition) is 2. The summed E-state index contributed by atoms with van der Waals surface area (Å²) in [6, 6.07) is 5.84. The van der Waals surface area contributed by atoms with E-state index in [0.717, 1.165) is 0 Å². The van der Waals surface area contributed by atoms with Crippen LogP contribution in [0.1, 0.15) is 50.7 Å². The van der Waals surface area contributed by atoms with E-state index < -0.39 is 6.09 Å².